The predicted molar refractivity (Wildman–Crippen MR) is 79.7 cm³/mol. The Morgan fingerprint density at radius 2 is 2.05 bits per heavy atom. The Balaban J connectivity index is 2.53. The number of carbonyl (C=O) groups is 1. The molecule has 0 aliphatic heterocycles. The van der Waals surface area contributed by atoms with Crippen LogP contribution in [-0.4, -0.2) is 17.6 Å². The van der Waals surface area contributed by atoms with E-state index in [-0.39, 0.29) is 12.0 Å². The van der Waals surface area contributed by atoms with E-state index in [1.807, 2.05) is 52.8 Å². The highest BCUT2D eigenvalue weighted by Gasteiger charge is 2.18. The molecule has 1 atom stereocenters. The lowest BCUT2D eigenvalue weighted by Crippen LogP contribution is -2.28. The largest absolute Gasteiger partial charge is 0.460 e. The Labute approximate surface area is 120 Å². The minimum Gasteiger partial charge on any atom is -0.460 e. The molecule has 1 aromatic carbocycles. The molecule has 0 bridgehead atoms. The molecule has 0 radical (unpaired) electrons. The molecular formula is C15H22ClNO2. The summed E-state index contributed by atoms with van der Waals surface area (Å²) in [6.07, 6.45) is 0.322. The van der Waals surface area contributed by atoms with E-state index in [2.05, 4.69) is 5.32 Å². The van der Waals surface area contributed by atoms with Gasteiger partial charge in [0.05, 0.1) is 6.42 Å². The number of anilines is 1. The van der Waals surface area contributed by atoms with E-state index in [1.54, 1.807) is 0 Å². The molecule has 0 saturated heterocycles. The summed E-state index contributed by atoms with van der Waals surface area (Å²) < 4.78 is 5.28. The van der Waals surface area contributed by atoms with Gasteiger partial charge in [0.1, 0.15) is 5.60 Å². The van der Waals surface area contributed by atoms with Crippen LogP contribution >= 0.6 is 11.6 Å². The van der Waals surface area contributed by atoms with Crippen molar-refractivity contribution < 1.29 is 9.53 Å². The molecule has 106 valence electrons. The van der Waals surface area contributed by atoms with Crippen LogP contribution in [0.1, 0.15) is 39.7 Å². The smallest absolute Gasteiger partial charge is 0.308 e. The van der Waals surface area contributed by atoms with E-state index >= 15 is 0 Å². The number of aryl methyl sites for hydroxylation is 1. The van der Waals surface area contributed by atoms with Crippen molar-refractivity contribution in [2.45, 2.75) is 52.7 Å². The molecule has 1 unspecified atom stereocenters. The first-order chi connectivity index (χ1) is 8.67. The molecule has 0 spiro atoms. The van der Waals surface area contributed by atoms with Crippen LogP contribution < -0.4 is 5.32 Å². The second-order valence-corrected chi connectivity index (χ2v) is 6.21. The van der Waals surface area contributed by atoms with Gasteiger partial charge in [0.15, 0.2) is 0 Å². The predicted octanol–water partition coefficient (Wildman–Crippen LogP) is 4.18. The number of nitrogens with one attached hydrogen (secondary N) is 1. The minimum atomic E-state index is -0.441. The van der Waals surface area contributed by atoms with Gasteiger partial charge in [-0.05, 0) is 52.3 Å². The molecule has 19 heavy (non-hydrogen) atoms. The van der Waals surface area contributed by atoms with Crippen molar-refractivity contribution in [1.29, 1.82) is 0 Å². The zero-order valence-electron chi connectivity index (χ0n) is 12.2. The summed E-state index contributed by atoms with van der Waals surface area (Å²) in [6, 6.07) is 5.76. The Morgan fingerprint density at radius 3 is 2.58 bits per heavy atom. The molecule has 0 fully saturated rings. The molecule has 0 saturated carbocycles. The molecule has 1 aromatic rings. The Morgan fingerprint density at radius 1 is 1.42 bits per heavy atom. The molecule has 4 heteroatoms. The van der Waals surface area contributed by atoms with Crippen LogP contribution in [0.4, 0.5) is 5.69 Å². The van der Waals surface area contributed by atoms with Crippen molar-refractivity contribution in [3.05, 3.63) is 28.8 Å². The fraction of sp³-hybridized carbons (Fsp3) is 0.533. The molecule has 3 nitrogen and oxygen atoms in total. The summed E-state index contributed by atoms with van der Waals surface area (Å²) >= 11 is 6.06. The molecule has 0 aliphatic carbocycles. The average molecular weight is 284 g/mol. The number of halogens is 1. The summed E-state index contributed by atoms with van der Waals surface area (Å²) in [6.45, 7) is 9.49. The first-order valence-corrected chi connectivity index (χ1v) is 6.80. The molecule has 0 amide bonds. The van der Waals surface area contributed by atoms with Gasteiger partial charge in [-0.3, -0.25) is 4.79 Å². The second kappa shape index (κ2) is 6.29. The molecule has 0 aliphatic rings. The van der Waals surface area contributed by atoms with E-state index < -0.39 is 5.60 Å². The summed E-state index contributed by atoms with van der Waals surface area (Å²) in [5, 5.41) is 3.96. The number of benzene rings is 1. The van der Waals surface area contributed by atoms with Crippen LogP contribution in [0.2, 0.25) is 5.02 Å². The van der Waals surface area contributed by atoms with Crippen molar-refractivity contribution in [3.63, 3.8) is 0 Å². The van der Waals surface area contributed by atoms with Crippen molar-refractivity contribution in [2.24, 2.45) is 0 Å². The number of rotatable bonds is 4. The number of hydrogen-bond acceptors (Lipinski definition) is 3. The third-order valence-corrected chi connectivity index (χ3v) is 2.88. The maximum absolute atomic E-state index is 11.7. The monoisotopic (exact) mass is 283 g/mol. The lowest BCUT2D eigenvalue weighted by molar-refractivity contribution is -0.154. The van der Waals surface area contributed by atoms with Gasteiger partial charge in [0, 0.05) is 16.8 Å². The molecule has 1 N–H and O–H groups in total. The van der Waals surface area contributed by atoms with E-state index in [4.69, 9.17) is 16.3 Å². The highest BCUT2D eigenvalue weighted by Crippen LogP contribution is 2.21. The van der Waals surface area contributed by atoms with Crippen LogP contribution in [0, 0.1) is 6.92 Å². The van der Waals surface area contributed by atoms with E-state index in [0.29, 0.717) is 6.42 Å². The zero-order chi connectivity index (χ0) is 14.6. The molecular weight excluding hydrogens is 262 g/mol. The first kappa shape index (κ1) is 15.8. The summed E-state index contributed by atoms with van der Waals surface area (Å²) in [5.41, 5.74) is 1.50. The lowest BCUT2D eigenvalue weighted by Gasteiger charge is -2.21. The standard InChI is InChI=1S/C15H22ClNO2/c1-10-6-7-12(9-13(10)16)17-11(2)8-14(18)19-15(3,4)5/h6-7,9,11,17H,8H2,1-5H3. The Hall–Kier alpha value is -1.22. The highest BCUT2D eigenvalue weighted by atomic mass is 35.5. The van der Waals surface area contributed by atoms with Gasteiger partial charge in [0.2, 0.25) is 0 Å². The van der Waals surface area contributed by atoms with E-state index in [1.165, 1.54) is 0 Å². The molecule has 1 rings (SSSR count). The van der Waals surface area contributed by atoms with Crippen LogP contribution in [-0.2, 0) is 9.53 Å². The van der Waals surface area contributed by atoms with Crippen molar-refractivity contribution in [3.8, 4) is 0 Å². The zero-order valence-corrected chi connectivity index (χ0v) is 13.0. The van der Waals surface area contributed by atoms with Gasteiger partial charge >= 0.3 is 5.97 Å². The molecule has 0 heterocycles. The fourth-order valence-electron chi connectivity index (χ4n) is 1.65. The first-order valence-electron chi connectivity index (χ1n) is 6.42. The van der Waals surface area contributed by atoms with Gasteiger partial charge in [-0.25, -0.2) is 0 Å². The maximum atomic E-state index is 11.7. The van der Waals surface area contributed by atoms with Gasteiger partial charge in [-0.2, -0.15) is 0 Å². The van der Waals surface area contributed by atoms with Gasteiger partial charge in [-0.15, -0.1) is 0 Å². The van der Waals surface area contributed by atoms with Crippen LogP contribution in [0.5, 0.6) is 0 Å². The fourth-order valence-corrected chi connectivity index (χ4v) is 1.83. The minimum absolute atomic E-state index is 0.00590. The number of ether oxygens (including phenoxy) is 1. The average Bonchev–Trinajstić information content (AvgIpc) is 2.20. The van der Waals surface area contributed by atoms with Gasteiger partial charge in [0.25, 0.3) is 0 Å². The summed E-state index contributed by atoms with van der Waals surface area (Å²) in [7, 11) is 0. The third-order valence-electron chi connectivity index (χ3n) is 2.48. The SMILES string of the molecule is Cc1ccc(NC(C)CC(=O)OC(C)(C)C)cc1Cl. The van der Waals surface area contributed by atoms with Crippen LogP contribution in [0.3, 0.4) is 0 Å². The Kier molecular flexibility index (Phi) is 5.24. The van der Waals surface area contributed by atoms with Crippen LogP contribution in [0.15, 0.2) is 18.2 Å². The van der Waals surface area contributed by atoms with Gasteiger partial charge < -0.3 is 10.1 Å². The number of carbonyl (C=O) groups excluding carboxylic acids is 1. The van der Waals surface area contributed by atoms with E-state index in [0.717, 1.165) is 16.3 Å². The lowest BCUT2D eigenvalue weighted by atomic mass is 10.1. The number of esters is 1. The third kappa shape index (κ3) is 5.97. The van der Waals surface area contributed by atoms with E-state index in [9.17, 15) is 4.79 Å². The van der Waals surface area contributed by atoms with Crippen LogP contribution in [0.25, 0.3) is 0 Å². The van der Waals surface area contributed by atoms with Crippen molar-refractivity contribution >= 4 is 23.3 Å². The Bertz CT molecular complexity index is 452. The molecule has 0 aromatic heterocycles. The maximum Gasteiger partial charge on any atom is 0.308 e. The van der Waals surface area contributed by atoms with Crippen molar-refractivity contribution in [1.82, 2.24) is 0 Å². The summed E-state index contributed by atoms with van der Waals surface area (Å²) in [4.78, 5) is 11.7. The van der Waals surface area contributed by atoms with Gasteiger partial charge in [-0.1, -0.05) is 17.7 Å². The quantitative estimate of drug-likeness (QED) is 0.843. The highest BCUT2D eigenvalue weighted by molar-refractivity contribution is 6.31. The number of hydrogen-bond donors (Lipinski definition) is 1. The normalized spacial score (nSPS) is 12.9. The topological polar surface area (TPSA) is 38.3 Å². The second-order valence-electron chi connectivity index (χ2n) is 5.80. The summed E-state index contributed by atoms with van der Waals surface area (Å²) in [5.74, 6) is -0.203. The van der Waals surface area contributed by atoms with Crippen molar-refractivity contribution in [2.75, 3.05) is 5.32 Å².